The van der Waals surface area contributed by atoms with Crippen LogP contribution in [0.2, 0.25) is 0 Å². The first kappa shape index (κ1) is 25.8. The van der Waals surface area contributed by atoms with Crippen molar-refractivity contribution in [2.75, 3.05) is 20.0 Å². The number of allylic oxidation sites excluding steroid dienone is 1. The minimum atomic E-state index is 0. The third-order valence-electron chi connectivity index (χ3n) is 2.82. The van der Waals surface area contributed by atoms with Gasteiger partial charge in [0.25, 0.3) is 0 Å². The van der Waals surface area contributed by atoms with E-state index in [2.05, 4.69) is 26.0 Å². The minimum absolute atomic E-state index is 0. The van der Waals surface area contributed by atoms with Crippen molar-refractivity contribution in [2.24, 2.45) is 0 Å². The van der Waals surface area contributed by atoms with Crippen molar-refractivity contribution in [1.82, 2.24) is 0 Å². The number of unbranched alkanes of at least 4 members (excludes halogenated alkanes) is 6. The van der Waals surface area contributed by atoms with Gasteiger partial charge in [-0.2, -0.15) is 6.42 Å². The number of hydrogen-bond acceptors (Lipinski definition) is 2. The van der Waals surface area contributed by atoms with Crippen molar-refractivity contribution in [3.63, 3.8) is 0 Å². The third-order valence-corrected chi connectivity index (χ3v) is 2.82. The van der Waals surface area contributed by atoms with Gasteiger partial charge in [0.1, 0.15) is 6.79 Å². The van der Waals surface area contributed by atoms with Crippen molar-refractivity contribution in [1.29, 1.82) is 0 Å². The number of halogens is 1. The first-order chi connectivity index (χ1) is 8.91. The minimum Gasteiger partial charge on any atom is -1.00 e. The van der Waals surface area contributed by atoms with Crippen molar-refractivity contribution in [3.8, 4) is 0 Å². The number of rotatable bonds is 14. The summed E-state index contributed by atoms with van der Waals surface area (Å²) in [5, 5.41) is 0. The van der Waals surface area contributed by atoms with E-state index in [-0.39, 0.29) is 40.0 Å². The van der Waals surface area contributed by atoms with E-state index < -0.39 is 0 Å². The Morgan fingerprint density at radius 3 is 2.10 bits per heavy atom. The van der Waals surface area contributed by atoms with Crippen molar-refractivity contribution < 1.29 is 26.5 Å². The predicted molar refractivity (Wildman–Crippen MR) is 84.2 cm³/mol. The molecular formula is C16H31BrMgO2. The molecule has 0 aromatic carbocycles. The first-order valence-electron chi connectivity index (χ1n) is 7.51. The summed E-state index contributed by atoms with van der Waals surface area (Å²) in [6.07, 6.45) is 15.2. The molecule has 0 saturated heterocycles. The molecular weight excluding hydrogens is 328 g/mol. The number of hydrogen-bond donors (Lipinski definition) is 0. The summed E-state index contributed by atoms with van der Waals surface area (Å²) in [4.78, 5) is 0. The van der Waals surface area contributed by atoms with E-state index >= 15 is 0 Å². The van der Waals surface area contributed by atoms with Gasteiger partial charge in [0, 0.05) is 6.61 Å². The Labute approximate surface area is 153 Å². The Morgan fingerprint density at radius 1 is 0.850 bits per heavy atom. The molecule has 0 amide bonds. The van der Waals surface area contributed by atoms with Gasteiger partial charge in [0.15, 0.2) is 0 Å². The molecule has 0 radical (unpaired) electrons. The molecule has 0 aromatic heterocycles. The molecule has 2 nitrogen and oxygen atoms in total. The van der Waals surface area contributed by atoms with Gasteiger partial charge in [-0.05, 0) is 12.8 Å². The standard InChI is InChI=1S/C16H31O2.BrH.Mg/c1-3-5-7-9-10-11-13-15-18-16-17-14-12-8-6-4-2;;/h6,8H,2-5,7,9-16H2,1H3;1H;/q-1;;+2/p-1/b8-6-;;. The topological polar surface area (TPSA) is 18.5 Å². The zero-order chi connectivity index (χ0) is 13.3. The van der Waals surface area contributed by atoms with Crippen LogP contribution in [0.1, 0.15) is 64.7 Å². The van der Waals surface area contributed by atoms with Gasteiger partial charge in [-0.25, -0.2) is 0 Å². The Morgan fingerprint density at radius 2 is 1.45 bits per heavy atom. The molecule has 0 spiro atoms. The van der Waals surface area contributed by atoms with E-state index in [4.69, 9.17) is 9.47 Å². The number of ether oxygens (including phenoxy) is 2. The van der Waals surface area contributed by atoms with Crippen LogP contribution in [0.5, 0.6) is 0 Å². The van der Waals surface area contributed by atoms with E-state index in [1.54, 1.807) is 0 Å². The summed E-state index contributed by atoms with van der Waals surface area (Å²) in [6.45, 7) is 8.00. The van der Waals surface area contributed by atoms with Gasteiger partial charge >= 0.3 is 23.1 Å². The molecule has 0 aliphatic carbocycles. The Hall–Kier alpha value is 0.906. The quantitative estimate of drug-likeness (QED) is 0.154. The zero-order valence-electron chi connectivity index (χ0n) is 13.2. The molecule has 0 atom stereocenters. The van der Waals surface area contributed by atoms with Gasteiger partial charge in [-0.15, -0.1) is 6.08 Å². The van der Waals surface area contributed by atoms with Gasteiger partial charge in [0.2, 0.25) is 0 Å². The molecule has 0 aromatic rings. The average Bonchev–Trinajstić information content (AvgIpc) is 2.39. The average molecular weight is 360 g/mol. The zero-order valence-corrected chi connectivity index (χ0v) is 16.2. The molecule has 0 unspecified atom stereocenters. The van der Waals surface area contributed by atoms with Crippen molar-refractivity contribution in [2.45, 2.75) is 64.7 Å². The molecule has 0 fully saturated rings. The van der Waals surface area contributed by atoms with Crippen LogP contribution in [0.15, 0.2) is 12.2 Å². The van der Waals surface area contributed by atoms with Gasteiger partial charge in [-0.1, -0.05) is 51.5 Å². The predicted octanol–water partition coefficient (Wildman–Crippen LogP) is 1.52. The second kappa shape index (κ2) is 24.9. The van der Waals surface area contributed by atoms with Gasteiger partial charge < -0.3 is 33.4 Å². The fourth-order valence-corrected chi connectivity index (χ4v) is 1.73. The SMILES string of the molecule is [Br-].[CH2-]C/C=C\CCOCOCCCCCCCCC.[Mg+2]. The maximum Gasteiger partial charge on any atom is 2.00 e. The van der Waals surface area contributed by atoms with Crippen LogP contribution >= 0.6 is 0 Å². The van der Waals surface area contributed by atoms with Crippen LogP contribution in [0.25, 0.3) is 0 Å². The largest absolute Gasteiger partial charge is 2.00 e. The van der Waals surface area contributed by atoms with E-state index in [1.807, 2.05) is 0 Å². The summed E-state index contributed by atoms with van der Waals surface area (Å²) in [6, 6.07) is 0. The molecule has 116 valence electrons. The van der Waals surface area contributed by atoms with Gasteiger partial charge in [-0.3, -0.25) is 0 Å². The second-order valence-corrected chi connectivity index (χ2v) is 4.60. The summed E-state index contributed by atoms with van der Waals surface area (Å²) in [5.74, 6) is 0. The smallest absolute Gasteiger partial charge is 1.00 e. The molecule has 0 saturated carbocycles. The monoisotopic (exact) mass is 358 g/mol. The maximum absolute atomic E-state index is 5.41. The maximum atomic E-state index is 5.41. The summed E-state index contributed by atoms with van der Waals surface area (Å²) >= 11 is 0. The third kappa shape index (κ3) is 24.0. The van der Waals surface area contributed by atoms with E-state index in [0.717, 1.165) is 32.5 Å². The molecule has 0 N–H and O–H groups in total. The Kier molecular flexibility index (Phi) is 32.2. The van der Waals surface area contributed by atoms with Crippen molar-refractivity contribution in [3.05, 3.63) is 19.1 Å². The van der Waals surface area contributed by atoms with Crippen LogP contribution in [0.4, 0.5) is 0 Å². The summed E-state index contributed by atoms with van der Waals surface area (Å²) in [7, 11) is 0. The van der Waals surface area contributed by atoms with Crippen LogP contribution in [-0.2, 0) is 9.47 Å². The van der Waals surface area contributed by atoms with Crippen LogP contribution < -0.4 is 17.0 Å². The van der Waals surface area contributed by atoms with Crippen LogP contribution in [0, 0.1) is 6.92 Å². The van der Waals surface area contributed by atoms with Crippen LogP contribution in [0.3, 0.4) is 0 Å². The fraction of sp³-hybridized carbons (Fsp3) is 0.812. The molecule has 0 aliphatic rings. The summed E-state index contributed by atoms with van der Waals surface area (Å²) in [5.41, 5.74) is 0. The molecule has 0 aliphatic heterocycles. The molecule has 0 heterocycles. The van der Waals surface area contributed by atoms with Crippen LogP contribution in [-0.4, -0.2) is 43.1 Å². The van der Waals surface area contributed by atoms with Gasteiger partial charge in [0.05, 0.1) is 6.61 Å². The fourth-order valence-electron chi connectivity index (χ4n) is 1.73. The molecule has 0 bridgehead atoms. The normalized spacial score (nSPS) is 10.3. The van der Waals surface area contributed by atoms with E-state index in [0.29, 0.717) is 6.79 Å². The molecule has 4 heteroatoms. The first-order valence-corrected chi connectivity index (χ1v) is 7.51. The van der Waals surface area contributed by atoms with E-state index in [9.17, 15) is 0 Å². The Bertz CT molecular complexity index is 178. The molecule has 0 rings (SSSR count). The second-order valence-electron chi connectivity index (χ2n) is 4.60. The van der Waals surface area contributed by atoms with E-state index in [1.165, 1.54) is 38.5 Å². The van der Waals surface area contributed by atoms with Crippen molar-refractivity contribution >= 4 is 23.1 Å². The Balaban J connectivity index is -0.00000144. The molecule has 20 heavy (non-hydrogen) atoms. The summed E-state index contributed by atoms with van der Waals surface area (Å²) < 4.78 is 10.8.